The van der Waals surface area contributed by atoms with E-state index in [0.29, 0.717) is 39.0 Å². The number of hydrogen-bond donors (Lipinski definition) is 2. The number of fused-ring (bicyclic) bond motifs is 2. The number of nitrogens with zero attached hydrogens (tertiary/aromatic N) is 2. The average Bonchev–Trinajstić information content (AvgIpc) is 3.32. The molecule has 2 aliphatic rings. The third kappa shape index (κ3) is 8.54. The van der Waals surface area contributed by atoms with Crippen LogP contribution < -0.4 is 67.3 Å². The van der Waals surface area contributed by atoms with Crippen LogP contribution in [0.3, 0.4) is 0 Å². The van der Waals surface area contributed by atoms with Gasteiger partial charge < -0.3 is 25.1 Å². The Balaban J connectivity index is 0.00000600. The molecular weight excluding hydrogens is 668 g/mol. The van der Waals surface area contributed by atoms with E-state index in [0.717, 1.165) is 46.8 Å². The van der Waals surface area contributed by atoms with Crippen LogP contribution in [-0.2, 0) is 35.9 Å². The second-order valence-electron chi connectivity index (χ2n) is 12.7. The summed E-state index contributed by atoms with van der Waals surface area (Å²) in [7, 11) is -9.27. The van der Waals surface area contributed by atoms with E-state index in [1.54, 1.807) is 12.1 Å². The zero-order valence-corrected chi connectivity index (χ0v) is 32.8. The molecule has 2 aromatic rings. The van der Waals surface area contributed by atoms with Crippen LogP contribution in [0.15, 0.2) is 70.1 Å². The van der Waals surface area contributed by atoms with Crippen molar-refractivity contribution in [1.82, 2.24) is 5.32 Å². The molecule has 14 heteroatoms. The van der Waals surface area contributed by atoms with Crippen molar-refractivity contribution in [3.63, 3.8) is 0 Å². The number of anilines is 1. The molecule has 0 aliphatic carbocycles. The van der Waals surface area contributed by atoms with Crippen molar-refractivity contribution in [2.75, 3.05) is 31.1 Å². The number of unbranched alkanes of at least 4 members (excludes halogenated alkanes) is 2. The minimum atomic E-state index is -4.65. The Bertz CT molecular complexity index is 1830. The fourth-order valence-corrected chi connectivity index (χ4v) is 7.46. The van der Waals surface area contributed by atoms with Crippen molar-refractivity contribution in [3.8, 4) is 0 Å². The maximum atomic E-state index is 12.0. The smallest absolute Gasteiger partial charge is 0.744 e. The van der Waals surface area contributed by atoms with Crippen LogP contribution in [-0.4, -0.2) is 68.3 Å². The van der Waals surface area contributed by atoms with Gasteiger partial charge in [-0.15, -0.1) is 0 Å². The number of nitrogens with two attached hydrogens (primary N) is 1. The summed E-state index contributed by atoms with van der Waals surface area (Å²) in [5.74, 6) is -0.0309. The third-order valence-corrected chi connectivity index (χ3v) is 10.5. The van der Waals surface area contributed by atoms with Crippen LogP contribution >= 0.6 is 0 Å². The quantitative estimate of drug-likeness (QED) is 0.132. The van der Waals surface area contributed by atoms with Crippen molar-refractivity contribution >= 4 is 43.2 Å². The zero-order valence-electron chi connectivity index (χ0n) is 28.0. The van der Waals surface area contributed by atoms with Gasteiger partial charge in [-0.3, -0.25) is 4.79 Å². The van der Waals surface area contributed by atoms with Crippen molar-refractivity contribution in [2.24, 2.45) is 5.73 Å². The number of likely N-dealkylation sites (N-methyl/N-ethyl adjacent to an activating group) is 1. The fraction of sp³-hybridized carbons (Fsp3) is 0.455. The normalized spacial score (nSPS) is 17.6. The molecule has 0 unspecified atom stereocenters. The summed E-state index contributed by atoms with van der Waals surface area (Å²) in [6, 6.07) is 8.96. The minimum Gasteiger partial charge on any atom is -0.744 e. The van der Waals surface area contributed by atoms with E-state index in [1.165, 1.54) is 24.3 Å². The van der Waals surface area contributed by atoms with Crippen LogP contribution in [0.25, 0.3) is 0 Å². The van der Waals surface area contributed by atoms with Gasteiger partial charge in [0, 0.05) is 67.0 Å². The Morgan fingerprint density at radius 3 is 2.15 bits per heavy atom. The molecule has 1 amide bonds. The number of carbonyl (C=O) groups is 1. The van der Waals surface area contributed by atoms with Gasteiger partial charge in [-0.05, 0) is 75.6 Å². The molecule has 0 spiro atoms. The average molecular weight is 711 g/mol. The molecule has 0 fully saturated rings. The number of hydrogen-bond acceptors (Lipinski definition) is 9. The molecule has 11 nitrogen and oxygen atoms in total. The van der Waals surface area contributed by atoms with E-state index in [1.807, 2.05) is 52.8 Å². The van der Waals surface area contributed by atoms with Crippen molar-refractivity contribution in [1.29, 1.82) is 0 Å². The van der Waals surface area contributed by atoms with Crippen LogP contribution in [0.2, 0.25) is 0 Å². The summed E-state index contributed by atoms with van der Waals surface area (Å²) >= 11 is 0. The molecule has 0 aromatic heterocycles. The van der Waals surface area contributed by atoms with Crippen LogP contribution in [0, 0.1) is 0 Å². The standard InChI is InChI=1S/C33H44N4O7S2.K/c1-6-36-27-16-14-23(45(39,40)41)21-25(27)32(2,3)29(36)11-10-12-30-33(4,5)26-22-24(46(42,43)44)15-17-28(26)37(30)20-9-7-8-13-31(38)35-19-18-34;/h10-12,14-17,21-22H,6-9,13,18-20,34H2,1-5H3,(H2-,35,38,39,40,41,42,43,44);/q;+1/p-1. The molecule has 0 radical (unpaired) electrons. The van der Waals surface area contributed by atoms with Gasteiger partial charge in [-0.25, -0.2) is 16.8 Å². The predicted molar refractivity (Wildman–Crippen MR) is 175 cm³/mol. The molecule has 4 rings (SSSR count). The first-order chi connectivity index (χ1) is 21.4. The fourth-order valence-electron chi connectivity index (χ4n) is 6.46. The molecule has 0 bridgehead atoms. The summed E-state index contributed by atoms with van der Waals surface area (Å²) in [6.45, 7) is 12.0. The van der Waals surface area contributed by atoms with Gasteiger partial charge in [-0.2, -0.15) is 4.58 Å². The van der Waals surface area contributed by atoms with Crippen molar-refractivity contribution in [2.45, 2.75) is 80.9 Å². The topological polar surface area (TPSA) is 176 Å². The number of nitrogens with one attached hydrogen (secondary N) is 1. The maximum absolute atomic E-state index is 12.0. The van der Waals surface area contributed by atoms with E-state index in [2.05, 4.69) is 14.8 Å². The minimum absolute atomic E-state index is 0. The van der Waals surface area contributed by atoms with Gasteiger partial charge in [0.2, 0.25) is 11.6 Å². The number of benzene rings is 2. The maximum Gasteiger partial charge on any atom is 1.00 e. The molecule has 2 aliphatic heterocycles. The number of rotatable bonds is 13. The Morgan fingerprint density at radius 2 is 1.55 bits per heavy atom. The van der Waals surface area contributed by atoms with Crippen molar-refractivity contribution < 1.29 is 86.7 Å². The first kappa shape index (κ1) is 39.7. The Kier molecular flexibility index (Phi) is 13.0. The summed E-state index contributed by atoms with van der Waals surface area (Å²) in [5, 5.41) is 2.78. The number of allylic oxidation sites excluding steroid dienone is 4. The largest absolute Gasteiger partial charge is 1.00 e. The monoisotopic (exact) mass is 710 g/mol. The van der Waals surface area contributed by atoms with E-state index in [4.69, 9.17) is 5.73 Å². The molecule has 47 heavy (non-hydrogen) atoms. The summed E-state index contributed by atoms with van der Waals surface area (Å²) in [5.41, 5.74) is 9.20. The molecule has 2 aromatic carbocycles. The molecule has 2 heterocycles. The number of amides is 1. The molecule has 0 atom stereocenters. The van der Waals surface area contributed by atoms with Gasteiger partial charge in [0.15, 0.2) is 5.71 Å². The molecule has 0 saturated heterocycles. The Morgan fingerprint density at radius 1 is 0.936 bits per heavy atom. The van der Waals surface area contributed by atoms with Gasteiger partial charge >= 0.3 is 51.4 Å². The molecule has 3 N–H and O–H groups in total. The first-order valence-corrected chi connectivity index (χ1v) is 18.2. The summed E-state index contributed by atoms with van der Waals surface area (Å²) in [4.78, 5) is 13.5. The number of carbonyl (C=O) groups excluding carboxylic acids is 1. The third-order valence-electron chi connectivity index (χ3n) is 8.88. The SMILES string of the molecule is CCN1C(=CC=CC2=[N+](CCCCCC(=O)NCCN)c3ccc(S(=O)(=O)[O-])cc3C2(C)C)C(C)(C)c2cc(S(=O)(=O)[O-])ccc21.[K+]. The molecule has 0 saturated carbocycles. The van der Waals surface area contributed by atoms with Crippen LogP contribution in [0.1, 0.15) is 71.4 Å². The predicted octanol–water partition coefficient (Wildman–Crippen LogP) is 0.768. The van der Waals surface area contributed by atoms with Gasteiger partial charge in [0.1, 0.15) is 26.8 Å². The van der Waals surface area contributed by atoms with Crippen LogP contribution in [0.5, 0.6) is 0 Å². The molecular formula is C33H43KN4O7S2. The van der Waals surface area contributed by atoms with Gasteiger partial charge in [0.05, 0.1) is 15.2 Å². The van der Waals surface area contributed by atoms with Gasteiger partial charge in [0.25, 0.3) is 0 Å². The van der Waals surface area contributed by atoms with E-state index < -0.39 is 31.1 Å². The Hall–Kier alpha value is -1.72. The summed E-state index contributed by atoms with van der Waals surface area (Å²) in [6.07, 6.45) is 8.59. The second kappa shape index (κ2) is 15.4. The van der Waals surface area contributed by atoms with Crippen LogP contribution in [0.4, 0.5) is 11.4 Å². The first-order valence-electron chi connectivity index (χ1n) is 15.4. The zero-order chi connectivity index (χ0) is 34.1. The summed E-state index contributed by atoms with van der Waals surface area (Å²) < 4.78 is 73.1. The second-order valence-corrected chi connectivity index (χ2v) is 15.4. The van der Waals surface area contributed by atoms with E-state index in [9.17, 15) is 30.7 Å². The van der Waals surface area contributed by atoms with Gasteiger partial charge in [-0.1, -0.05) is 19.9 Å². The molecule has 250 valence electrons. The van der Waals surface area contributed by atoms with Crippen molar-refractivity contribution in [3.05, 3.63) is 71.5 Å². The Labute approximate surface area is 321 Å². The van der Waals surface area contributed by atoms with E-state index in [-0.39, 0.29) is 67.1 Å². The van der Waals surface area contributed by atoms with E-state index >= 15 is 0 Å².